The summed E-state index contributed by atoms with van der Waals surface area (Å²) in [7, 11) is 0. The van der Waals surface area contributed by atoms with Crippen LogP contribution in [0.25, 0.3) is 10.9 Å². The monoisotopic (exact) mass is 217 g/mol. The highest BCUT2D eigenvalue weighted by Gasteiger charge is 1.99. The van der Waals surface area contributed by atoms with E-state index in [2.05, 4.69) is 37.0 Å². The summed E-state index contributed by atoms with van der Waals surface area (Å²) >= 11 is 0. The first-order valence-corrected chi connectivity index (χ1v) is 5.95. The Morgan fingerprint density at radius 1 is 1.25 bits per heavy atom. The molecule has 0 saturated carbocycles. The van der Waals surface area contributed by atoms with Crippen molar-refractivity contribution in [1.82, 2.24) is 4.98 Å². The number of rotatable bonds is 5. The van der Waals surface area contributed by atoms with Crippen molar-refractivity contribution in [2.45, 2.75) is 26.7 Å². The standard InChI is InChI=1S/C14H19NO/c1-11(2)4-3-9-16-13-5-6-14-12(10-13)7-8-15-14/h5-8,10-11,15H,3-4,9H2,1-2H3. The summed E-state index contributed by atoms with van der Waals surface area (Å²) in [6, 6.07) is 8.23. The quantitative estimate of drug-likeness (QED) is 0.753. The highest BCUT2D eigenvalue weighted by molar-refractivity contribution is 5.80. The zero-order valence-corrected chi connectivity index (χ0v) is 9.99. The third-order valence-electron chi connectivity index (χ3n) is 2.72. The van der Waals surface area contributed by atoms with Crippen LogP contribution in [0.5, 0.6) is 5.75 Å². The highest BCUT2D eigenvalue weighted by atomic mass is 16.5. The molecule has 1 aromatic heterocycles. The number of nitrogens with one attached hydrogen (secondary N) is 1. The van der Waals surface area contributed by atoms with Crippen LogP contribution in [0.15, 0.2) is 30.5 Å². The van der Waals surface area contributed by atoms with Gasteiger partial charge in [0.25, 0.3) is 0 Å². The minimum absolute atomic E-state index is 0.760. The predicted octanol–water partition coefficient (Wildman–Crippen LogP) is 3.98. The molecule has 0 fully saturated rings. The largest absolute Gasteiger partial charge is 0.494 e. The highest BCUT2D eigenvalue weighted by Crippen LogP contribution is 2.19. The Hall–Kier alpha value is -1.44. The molecule has 0 unspecified atom stereocenters. The van der Waals surface area contributed by atoms with Gasteiger partial charge in [0, 0.05) is 17.1 Å². The van der Waals surface area contributed by atoms with Gasteiger partial charge in [-0.05, 0) is 43.0 Å². The van der Waals surface area contributed by atoms with Crippen molar-refractivity contribution >= 4 is 10.9 Å². The van der Waals surface area contributed by atoms with E-state index < -0.39 is 0 Å². The first kappa shape index (κ1) is 11.1. The van der Waals surface area contributed by atoms with Gasteiger partial charge in [0.2, 0.25) is 0 Å². The van der Waals surface area contributed by atoms with E-state index in [9.17, 15) is 0 Å². The van der Waals surface area contributed by atoms with E-state index in [0.29, 0.717) is 0 Å². The van der Waals surface area contributed by atoms with Crippen molar-refractivity contribution < 1.29 is 4.74 Å². The Kier molecular flexibility index (Phi) is 3.50. The molecule has 0 aliphatic carbocycles. The fourth-order valence-electron chi connectivity index (χ4n) is 1.80. The molecule has 0 atom stereocenters. The van der Waals surface area contributed by atoms with Gasteiger partial charge in [0.05, 0.1) is 6.61 Å². The minimum Gasteiger partial charge on any atom is -0.494 e. The third-order valence-corrected chi connectivity index (χ3v) is 2.72. The van der Waals surface area contributed by atoms with E-state index >= 15 is 0 Å². The maximum absolute atomic E-state index is 5.72. The lowest BCUT2D eigenvalue weighted by molar-refractivity contribution is 0.298. The molecule has 0 radical (unpaired) electrons. The Labute approximate surface area is 96.6 Å². The van der Waals surface area contributed by atoms with E-state index in [1.165, 1.54) is 11.8 Å². The van der Waals surface area contributed by atoms with Crippen LogP contribution in [0.2, 0.25) is 0 Å². The second-order valence-electron chi connectivity index (χ2n) is 4.61. The van der Waals surface area contributed by atoms with Crippen molar-refractivity contribution in [3.05, 3.63) is 30.5 Å². The van der Waals surface area contributed by atoms with Crippen molar-refractivity contribution in [1.29, 1.82) is 0 Å². The van der Waals surface area contributed by atoms with Crippen molar-refractivity contribution in [3.63, 3.8) is 0 Å². The van der Waals surface area contributed by atoms with Gasteiger partial charge in [-0.2, -0.15) is 0 Å². The molecule has 2 heteroatoms. The van der Waals surface area contributed by atoms with Crippen LogP contribution in [-0.4, -0.2) is 11.6 Å². The summed E-state index contributed by atoms with van der Waals surface area (Å²) in [5.74, 6) is 1.73. The van der Waals surface area contributed by atoms with Gasteiger partial charge in [-0.15, -0.1) is 0 Å². The lowest BCUT2D eigenvalue weighted by Crippen LogP contribution is -1.99. The van der Waals surface area contributed by atoms with Gasteiger partial charge in [-0.25, -0.2) is 0 Å². The third kappa shape index (κ3) is 2.78. The average Bonchev–Trinajstić information content (AvgIpc) is 2.71. The number of hydrogen-bond acceptors (Lipinski definition) is 1. The molecular weight excluding hydrogens is 198 g/mol. The molecule has 0 bridgehead atoms. The molecule has 0 aliphatic rings. The molecule has 2 rings (SSSR count). The smallest absolute Gasteiger partial charge is 0.120 e. The average molecular weight is 217 g/mol. The molecule has 2 aromatic rings. The van der Waals surface area contributed by atoms with E-state index in [0.717, 1.165) is 30.2 Å². The second kappa shape index (κ2) is 5.06. The Morgan fingerprint density at radius 3 is 2.94 bits per heavy atom. The maximum Gasteiger partial charge on any atom is 0.120 e. The number of hydrogen-bond donors (Lipinski definition) is 1. The molecular formula is C14H19NO. The molecule has 1 heterocycles. The fraction of sp³-hybridized carbons (Fsp3) is 0.429. The molecule has 0 aliphatic heterocycles. The Morgan fingerprint density at radius 2 is 2.12 bits per heavy atom. The normalized spacial score (nSPS) is 11.2. The van der Waals surface area contributed by atoms with Crippen LogP contribution in [-0.2, 0) is 0 Å². The summed E-state index contributed by atoms with van der Waals surface area (Å²) in [4.78, 5) is 3.17. The fourth-order valence-corrected chi connectivity index (χ4v) is 1.80. The van der Waals surface area contributed by atoms with Crippen molar-refractivity contribution in [2.75, 3.05) is 6.61 Å². The first-order chi connectivity index (χ1) is 7.75. The van der Waals surface area contributed by atoms with Crippen LogP contribution >= 0.6 is 0 Å². The van der Waals surface area contributed by atoms with E-state index in [-0.39, 0.29) is 0 Å². The number of benzene rings is 1. The van der Waals surface area contributed by atoms with E-state index in [1.807, 2.05) is 12.3 Å². The number of aromatic amines is 1. The Balaban J connectivity index is 1.89. The van der Waals surface area contributed by atoms with Gasteiger partial charge in [-0.3, -0.25) is 0 Å². The van der Waals surface area contributed by atoms with Gasteiger partial charge < -0.3 is 9.72 Å². The maximum atomic E-state index is 5.72. The second-order valence-corrected chi connectivity index (χ2v) is 4.61. The molecule has 86 valence electrons. The molecule has 0 spiro atoms. The zero-order valence-electron chi connectivity index (χ0n) is 9.99. The summed E-state index contributed by atoms with van der Waals surface area (Å²) < 4.78 is 5.72. The number of H-pyrrole nitrogens is 1. The lowest BCUT2D eigenvalue weighted by Gasteiger charge is -2.07. The van der Waals surface area contributed by atoms with Gasteiger partial charge >= 0.3 is 0 Å². The van der Waals surface area contributed by atoms with Crippen LogP contribution in [0.1, 0.15) is 26.7 Å². The molecule has 1 aromatic carbocycles. The van der Waals surface area contributed by atoms with Gasteiger partial charge in [0.15, 0.2) is 0 Å². The van der Waals surface area contributed by atoms with Crippen LogP contribution in [0.4, 0.5) is 0 Å². The Bertz CT molecular complexity index is 445. The predicted molar refractivity (Wildman–Crippen MR) is 67.9 cm³/mol. The van der Waals surface area contributed by atoms with Crippen LogP contribution in [0, 0.1) is 5.92 Å². The van der Waals surface area contributed by atoms with Gasteiger partial charge in [0.1, 0.15) is 5.75 Å². The lowest BCUT2D eigenvalue weighted by atomic mass is 10.1. The number of ether oxygens (including phenoxy) is 1. The number of aromatic nitrogens is 1. The molecule has 1 N–H and O–H groups in total. The summed E-state index contributed by atoms with van der Waals surface area (Å²) in [6.45, 7) is 5.30. The molecule has 0 amide bonds. The van der Waals surface area contributed by atoms with Crippen molar-refractivity contribution in [3.8, 4) is 5.75 Å². The summed E-state index contributed by atoms with van der Waals surface area (Å²) in [5, 5.41) is 1.21. The topological polar surface area (TPSA) is 25.0 Å². The van der Waals surface area contributed by atoms with E-state index in [1.54, 1.807) is 0 Å². The number of fused-ring (bicyclic) bond motifs is 1. The van der Waals surface area contributed by atoms with Gasteiger partial charge in [-0.1, -0.05) is 13.8 Å². The zero-order chi connectivity index (χ0) is 11.4. The molecule has 0 saturated heterocycles. The summed E-state index contributed by atoms with van der Waals surface area (Å²) in [6.07, 6.45) is 4.31. The summed E-state index contributed by atoms with van der Waals surface area (Å²) in [5.41, 5.74) is 1.16. The van der Waals surface area contributed by atoms with Crippen LogP contribution in [0.3, 0.4) is 0 Å². The van der Waals surface area contributed by atoms with E-state index in [4.69, 9.17) is 4.74 Å². The van der Waals surface area contributed by atoms with Crippen LogP contribution < -0.4 is 4.74 Å². The first-order valence-electron chi connectivity index (χ1n) is 5.95. The molecule has 2 nitrogen and oxygen atoms in total. The molecule has 16 heavy (non-hydrogen) atoms. The SMILES string of the molecule is CC(C)CCCOc1ccc2[nH]ccc2c1. The minimum atomic E-state index is 0.760. The van der Waals surface area contributed by atoms with Crippen molar-refractivity contribution in [2.24, 2.45) is 5.92 Å².